The normalized spacial score (nSPS) is 13.7. The van der Waals surface area contributed by atoms with E-state index in [-0.39, 0.29) is 40.7 Å². The Morgan fingerprint density at radius 1 is 1.06 bits per heavy atom. The van der Waals surface area contributed by atoms with Crippen LogP contribution in [0.15, 0.2) is 24.3 Å². The molecule has 0 fully saturated rings. The van der Waals surface area contributed by atoms with Gasteiger partial charge in [0.1, 0.15) is 11.6 Å². The van der Waals surface area contributed by atoms with Crippen molar-refractivity contribution >= 4 is 17.5 Å². The Labute approximate surface area is 214 Å². The summed E-state index contributed by atoms with van der Waals surface area (Å²) < 4.78 is 5.00. The van der Waals surface area contributed by atoms with Gasteiger partial charge in [-0.05, 0) is 53.1 Å². The van der Waals surface area contributed by atoms with Crippen LogP contribution in [-0.4, -0.2) is 54.3 Å². The topological polar surface area (TPSA) is 103 Å². The van der Waals surface area contributed by atoms with Gasteiger partial charge in [-0.3, -0.25) is 15.0 Å². The molecule has 3 rings (SSSR count). The van der Waals surface area contributed by atoms with Crippen LogP contribution < -0.4 is 5.32 Å². The number of fused-ring (bicyclic) bond motifs is 1. The van der Waals surface area contributed by atoms with Crippen LogP contribution in [0.1, 0.15) is 90.1 Å². The summed E-state index contributed by atoms with van der Waals surface area (Å²) in [6, 6.07) is 7.24. The number of carbonyl (C=O) groups excluding carboxylic acids is 2. The molecule has 2 aromatic carbocycles. The number of aromatic hydroxyl groups is 1. The first-order valence-corrected chi connectivity index (χ1v) is 12.3. The van der Waals surface area contributed by atoms with Crippen LogP contribution in [0.5, 0.6) is 5.75 Å². The number of phenols is 1. The summed E-state index contributed by atoms with van der Waals surface area (Å²) in [4.78, 5) is 27.8. The summed E-state index contributed by atoms with van der Waals surface area (Å²) in [6.45, 7) is 15.2. The molecule has 1 aliphatic rings. The number of carbonyl (C=O) groups is 2. The fraction of sp³-hybridized carbons (Fsp3) is 0.483. The van der Waals surface area contributed by atoms with Crippen molar-refractivity contribution in [2.75, 3.05) is 26.8 Å². The smallest absolute Gasteiger partial charge is 0.251 e. The molecule has 194 valence electrons. The van der Waals surface area contributed by atoms with Crippen LogP contribution in [0.3, 0.4) is 0 Å². The molecule has 0 atom stereocenters. The largest absolute Gasteiger partial charge is 0.507 e. The lowest BCUT2D eigenvalue weighted by Gasteiger charge is -2.28. The third-order valence-corrected chi connectivity index (χ3v) is 6.60. The van der Waals surface area contributed by atoms with E-state index in [0.29, 0.717) is 30.8 Å². The number of Topliss-reactive ketones (excluding diaryl/α,β-unsaturated/α-hetero) is 1. The van der Waals surface area contributed by atoms with Gasteiger partial charge >= 0.3 is 0 Å². The van der Waals surface area contributed by atoms with Crippen molar-refractivity contribution in [3.05, 3.63) is 63.2 Å². The zero-order chi connectivity index (χ0) is 27.0. The lowest BCUT2D eigenvalue weighted by Crippen LogP contribution is -2.30. The van der Waals surface area contributed by atoms with Crippen molar-refractivity contribution < 1.29 is 19.4 Å². The van der Waals surface area contributed by atoms with E-state index in [1.807, 2.05) is 60.6 Å². The van der Waals surface area contributed by atoms with E-state index in [0.717, 1.165) is 27.8 Å². The number of methoxy groups -OCH3 is 1. The minimum atomic E-state index is -0.339. The second kappa shape index (κ2) is 10.1. The lowest BCUT2D eigenvalue weighted by atomic mass is 9.78. The lowest BCUT2D eigenvalue weighted by molar-refractivity contribution is 0.0933. The van der Waals surface area contributed by atoms with E-state index < -0.39 is 0 Å². The number of hydrogen-bond acceptors (Lipinski definition) is 5. The molecule has 2 aromatic rings. The molecule has 0 bridgehead atoms. The van der Waals surface area contributed by atoms with Gasteiger partial charge in [-0.2, -0.15) is 0 Å². The Hall–Kier alpha value is -3.19. The quantitative estimate of drug-likeness (QED) is 0.383. The average molecular weight is 494 g/mol. The predicted octanol–water partition coefficient (Wildman–Crippen LogP) is 4.70. The Bertz CT molecular complexity index is 1170. The van der Waals surface area contributed by atoms with Gasteiger partial charge in [0.05, 0.1) is 13.2 Å². The zero-order valence-corrected chi connectivity index (χ0v) is 22.8. The molecule has 1 heterocycles. The SMILES string of the molecule is COCCNC(=O)c1cc2c(cc1C)C(=N)N(CC(=O)c1cc(C(C)(C)C)c(O)c(C(C)(C)C)c1)C2. The van der Waals surface area contributed by atoms with Crippen molar-refractivity contribution in [1.29, 1.82) is 5.41 Å². The standard InChI is InChI=1S/C29H39N3O4/c1-17-11-21-19(12-20(17)27(35)31-9-10-36-8)15-32(26(21)30)16-24(33)18-13-22(28(2,3)4)25(34)23(14-18)29(5,6)7/h11-14,30,34H,9-10,15-16H2,1-8H3,(H,31,35). The van der Waals surface area contributed by atoms with Crippen molar-refractivity contribution in [2.24, 2.45) is 0 Å². The summed E-state index contributed by atoms with van der Waals surface area (Å²) in [5.74, 6) is 0.220. The van der Waals surface area contributed by atoms with E-state index in [1.54, 1.807) is 24.1 Å². The number of aryl methyl sites for hydroxylation is 1. The number of benzene rings is 2. The average Bonchev–Trinajstić information content (AvgIpc) is 3.06. The molecule has 0 aromatic heterocycles. The molecule has 7 heteroatoms. The van der Waals surface area contributed by atoms with Crippen LogP contribution in [-0.2, 0) is 22.1 Å². The summed E-state index contributed by atoms with van der Waals surface area (Å²) in [6.07, 6.45) is 0. The Morgan fingerprint density at radius 3 is 2.17 bits per heavy atom. The summed E-state index contributed by atoms with van der Waals surface area (Å²) >= 11 is 0. The van der Waals surface area contributed by atoms with Crippen LogP contribution in [0.25, 0.3) is 0 Å². The second-order valence-electron chi connectivity index (χ2n) is 11.6. The molecule has 7 nitrogen and oxygen atoms in total. The molecule has 0 saturated carbocycles. The molecule has 0 radical (unpaired) electrons. The Kier molecular flexibility index (Phi) is 7.65. The van der Waals surface area contributed by atoms with Crippen molar-refractivity contribution in [2.45, 2.75) is 65.8 Å². The highest BCUT2D eigenvalue weighted by Crippen LogP contribution is 2.40. The van der Waals surface area contributed by atoms with E-state index in [1.165, 1.54) is 0 Å². The third-order valence-electron chi connectivity index (χ3n) is 6.60. The molecule has 0 aliphatic carbocycles. The fourth-order valence-electron chi connectivity index (χ4n) is 4.50. The fourth-order valence-corrected chi connectivity index (χ4v) is 4.50. The van der Waals surface area contributed by atoms with E-state index in [9.17, 15) is 14.7 Å². The Balaban J connectivity index is 1.87. The number of nitrogens with one attached hydrogen (secondary N) is 2. The minimum Gasteiger partial charge on any atom is -0.507 e. The Morgan fingerprint density at radius 2 is 1.64 bits per heavy atom. The van der Waals surface area contributed by atoms with E-state index >= 15 is 0 Å². The summed E-state index contributed by atoms with van der Waals surface area (Å²) in [7, 11) is 1.58. The number of phenolic OH excluding ortho intramolecular Hbond substituents is 1. The van der Waals surface area contributed by atoms with Gasteiger partial charge in [-0.15, -0.1) is 0 Å². The number of hydrogen-bond donors (Lipinski definition) is 3. The number of rotatable bonds is 7. The molecule has 0 spiro atoms. The maximum absolute atomic E-state index is 13.5. The van der Waals surface area contributed by atoms with Crippen LogP contribution in [0.2, 0.25) is 0 Å². The molecular formula is C29H39N3O4. The first-order valence-electron chi connectivity index (χ1n) is 12.3. The maximum Gasteiger partial charge on any atom is 0.251 e. The van der Waals surface area contributed by atoms with Gasteiger partial charge in [0.2, 0.25) is 0 Å². The number of nitrogens with zero attached hydrogens (tertiary/aromatic N) is 1. The van der Waals surface area contributed by atoms with Gasteiger partial charge in [0.25, 0.3) is 5.91 Å². The summed E-state index contributed by atoms with van der Waals surface area (Å²) in [5, 5.41) is 22.5. The molecule has 1 aliphatic heterocycles. The molecular weight excluding hydrogens is 454 g/mol. The number of ketones is 1. The van der Waals surface area contributed by atoms with Crippen molar-refractivity contribution in [3.8, 4) is 5.75 Å². The summed E-state index contributed by atoms with van der Waals surface area (Å²) in [5.41, 5.74) is 4.26. The molecule has 0 unspecified atom stereocenters. The molecule has 0 saturated heterocycles. The first-order chi connectivity index (χ1) is 16.6. The van der Waals surface area contributed by atoms with Gasteiger partial charge < -0.3 is 20.1 Å². The van der Waals surface area contributed by atoms with Crippen LogP contribution >= 0.6 is 0 Å². The highest BCUT2D eigenvalue weighted by Gasteiger charge is 2.31. The third kappa shape index (κ3) is 5.62. The maximum atomic E-state index is 13.5. The van der Waals surface area contributed by atoms with Gasteiger partial charge in [0.15, 0.2) is 5.78 Å². The van der Waals surface area contributed by atoms with Crippen molar-refractivity contribution in [1.82, 2.24) is 10.2 Å². The predicted molar refractivity (Wildman–Crippen MR) is 142 cm³/mol. The monoisotopic (exact) mass is 493 g/mol. The van der Waals surface area contributed by atoms with Crippen molar-refractivity contribution in [3.63, 3.8) is 0 Å². The number of amidine groups is 1. The number of amides is 1. The molecule has 1 amide bonds. The zero-order valence-electron chi connectivity index (χ0n) is 22.8. The van der Waals surface area contributed by atoms with E-state index in [2.05, 4.69) is 5.32 Å². The molecule has 3 N–H and O–H groups in total. The second-order valence-corrected chi connectivity index (χ2v) is 11.6. The van der Waals surface area contributed by atoms with Gasteiger partial charge in [-0.1, -0.05) is 41.5 Å². The number of ether oxygens (including phenoxy) is 1. The van der Waals surface area contributed by atoms with E-state index in [4.69, 9.17) is 10.1 Å². The van der Waals surface area contributed by atoms with Gasteiger partial charge in [-0.25, -0.2) is 0 Å². The van der Waals surface area contributed by atoms with Gasteiger partial charge in [0, 0.05) is 48.0 Å². The first kappa shape index (κ1) is 27.4. The van der Waals surface area contributed by atoms with Crippen LogP contribution in [0.4, 0.5) is 0 Å². The van der Waals surface area contributed by atoms with Crippen LogP contribution in [0, 0.1) is 12.3 Å². The minimum absolute atomic E-state index is 0.0415. The molecule has 36 heavy (non-hydrogen) atoms. The highest BCUT2D eigenvalue weighted by molar-refractivity contribution is 6.06. The highest BCUT2D eigenvalue weighted by atomic mass is 16.5.